The Labute approximate surface area is 160 Å². The van der Waals surface area contributed by atoms with Crippen molar-refractivity contribution in [1.29, 1.82) is 0 Å². The number of nitrogens with zero attached hydrogens (tertiary/aromatic N) is 4. The molecular weight excluding hydrogens is 376 g/mol. The summed E-state index contributed by atoms with van der Waals surface area (Å²) >= 11 is 1.56. The molecule has 0 aliphatic carbocycles. The van der Waals surface area contributed by atoms with Gasteiger partial charge in [0, 0.05) is 0 Å². The summed E-state index contributed by atoms with van der Waals surface area (Å²) in [6.07, 6.45) is 5.26. The van der Waals surface area contributed by atoms with Gasteiger partial charge in [-0.05, 0) is 37.4 Å². The molecule has 0 aromatic carbocycles. The first-order valence-corrected chi connectivity index (χ1v) is 9.06. The number of carbonyl (C=O) groups excluding carboxylic acids is 1. The lowest BCUT2D eigenvalue weighted by atomic mass is 10.1. The molecule has 4 heterocycles. The minimum absolute atomic E-state index is 0. The van der Waals surface area contributed by atoms with Gasteiger partial charge in [-0.3, -0.25) is 4.79 Å². The second-order valence-electron chi connectivity index (χ2n) is 5.87. The van der Waals surface area contributed by atoms with E-state index in [9.17, 15) is 4.79 Å². The van der Waals surface area contributed by atoms with Crippen LogP contribution in [0.2, 0.25) is 0 Å². The Morgan fingerprint density at radius 2 is 2.27 bits per heavy atom. The number of hydrogen-bond donors (Lipinski definition) is 2. The Bertz CT molecular complexity index is 841. The summed E-state index contributed by atoms with van der Waals surface area (Å²) in [4.78, 5) is 17.6. The number of piperidine rings is 1. The van der Waals surface area contributed by atoms with Crippen LogP contribution in [0.5, 0.6) is 0 Å². The largest absolute Gasteiger partial charge is 0.443 e. The molecule has 0 atom stereocenters. The standard InChI is InChI=1S/C16H18N6O2S.ClH/c23-15(13-9-22(21-20-13)12-3-5-17-6-4-12)18-8-11-10-24-16(19-11)14-2-1-7-25-14;/h1-2,7,9-10,12,17H,3-6,8H2,(H,18,23);1H. The van der Waals surface area contributed by atoms with E-state index in [1.165, 1.54) is 0 Å². The van der Waals surface area contributed by atoms with Crippen LogP contribution in [0, 0.1) is 0 Å². The zero-order chi connectivity index (χ0) is 17.1. The molecule has 138 valence electrons. The highest BCUT2D eigenvalue weighted by atomic mass is 35.5. The van der Waals surface area contributed by atoms with Crippen molar-refractivity contribution in [2.45, 2.75) is 25.4 Å². The highest BCUT2D eigenvalue weighted by Crippen LogP contribution is 2.23. The predicted octanol–water partition coefficient (Wildman–Crippen LogP) is 2.27. The molecule has 0 unspecified atom stereocenters. The molecule has 26 heavy (non-hydrogen) atoms. The summed E-state index contributed by atoms with van der Waals surface area (Å²) < 4.78 is 7.23. The summed E-state index contributed by atoms with van der Waals surface area (Å²) in [7, 11) is 0. The molecule has 4 rings (SSSR count). The summed E-state index contributed by atoms with van der Waals surface area (Å²) in [6.45, 7) is 2.21. The minimum Gasteiger partial charge on any atom is -0.443 e. The third-order valence-electron chi connectivity index (χ3n) is 4.14. The number of amides is 1. The zero-order valence-electron chi connectivity index (χ0n) is 13.9. The van der Waals surface area contributed by atoms with Crippen molar-refractivity contribution in [2.24, 2.45) is 0 Å². The fourth-order valence-electron chi connectivity index (χ4n) is 2.79. The average Bonchev–Trinajstić information content (AvgIpc) is 3.41. The van der Waals surface area contributed by atoms with Crippen LogP contribution in [0.1, 0.15) is 35.1 Å². The molecule has 8 nitrogen and oxygen atoms in total. The Morgan fingerprint density at radius 1 is 1.42 bits per heavy atom. The van der Waals surface area contributed by atoms with Crippen molar-refractivity contribution >= 4 is 29.7 Å². The van der Waals surface area contributed by atoms with Crippen molar-refractivity contribution < 1.29 is 9.21 Å². The molecule has 1 aliphatic rings. The smallest absolute Gasteiger partial charge is 0.273 e. The molecular formula is C16H19ClN6O2S. The van der Waals surface area contributed by atoms with E-state index < -0.39 is 0 Å². The second kappa shape index (κ2) is 8.43. The first kappa shape index (κ1) is 18.6. The lowest BCUT2D eigenvalue weighted by molar-refractivity contribution is 0.0945. The van der Waals surface area contributed by atoms with Gasteiger partial charge in [0.2, 0.25) is 5.89 Å². The van der Waals surface area contributed by atoms with Crippen LogP contribution in [0.15, 0.2) is 34.4 Å². The maximum atomic E-state index is 12.3. The van der Waals surface area contributed by atoms with Crippen molar-refractivity contribution in [3.63, 3.8) is 0 Å². The Morgan fingerprint density at radius 3 is 3.04 bits per heavy atom. The third kappa shape index (κ3) is 4.12. The molecule has 0 saturated carbocycles. The second-order valence-corrected chi connectivity index (χ2v) is 6.82. The maximum Gasteiger partial charge on any atom is 0.273 e. The van der Waals surface area contributed by atoms with E-state index in [4.69, 9.17) is 4.42 Å². The Hall–Kier alpha value is -2.23. The van der Waals surface area contributed by atoms with E-state index in [0.717, 1.165) is 30.8 Å². The van der Waals surface area contributed by atoms with Crippen molar-refractivity contribution in [3.8, 4) is 10.8 Å². The number of hydrogen-bond acceptors (Lipinski definition) is 7. The number of nitrogens with one attached hydrogen (secondary N) is 2. The summed E-state index contributed by atoms with van der Waals surface area (Å²) in [5.74, 6) is 0.303. The van der Waals surface area contributed by atoms with Crippen LogP contribution in [-0.2, 0) is 6.54 Å². The number of halogens is 1. The minimum atomic E-state index is -0.263. The Kier molecular flexibility index (Phi) is 6.02. The van der Waals surface area contributed by atoms with Gasteiger partial charge < -0.3 is 15.1 Å². The van der Waals surface area contributed by atoms with Gasteiger partial charge in [0.1, 0.15) is 6.26 Å². The highest BCUT2D eigenvalue weighted by molar-refractivity contribution is 7.13. The van der Waals surface area contributed by atoms with Crippen LogP contribution >= 0.6 is 23.7 Å². The van der Waals surface area contributed by atoms with Gasteiger partial charge >= 0.3 is 0 Å². The van der Waals surface area contributed by atoms with E-state index in [1.54, 1.807) is 28.5 Å². The van der Waals surface area contributed by atoms with Crippen LogP contribution < -0.4 is 10.6 Å². The number of thiophene rings is 1. The molecule has 3 aromatic rings. The average molecular weight is 395 g/mol. The van der Waals surface area contributed by atoms with Gasteiger partial charge in [-0.15, -0.1) is 28.8 Å². The summed E-state index contributed by atoms with van der Waals surface area (Å²) in [6, 6.07) is 4.19. The Balaban J connectivity index is 0.00000196. The number of oxazole rings is 1. The molecule has 1 saturated heterocycles. The molecule has 1 amide bonds. The first-order chi connectivity index (χ1) is 12.3. The van der Waals surface area contributed by atoms with Gasteiger partial charge in [-0.25, -0.2) is 9.67 Å². The molecule has 2 N–H and O–H groups in total. The quantitative estimate of drug-likeness (QED) is 0.688. The van der Waals surface area contributed by atoms with Gasteiger partial charge in [-0.1, -0.05) is 11.3 Å². The number of carbonyl (C=O) groups is 1. The molecule has 0 bridgehead atoms. The fourth-order valence-corrected chi connectivity index (χ4v) is 3.45. The van der Waals surface area contributed by atoms with E-state index in [1.807, 2.05) is 17.5 Å². The third-order valence-corrected chi connectivity index (χ3v) is 5.00. The van der Waals surface area contributed by atoms with Crippen LogP contribution in [0.4, 0.5) is 0 Å². The van der Waals surface area contributed by atoms with Crippen LogP contribution in [0.25, 0.3) is 10.8 Å². The molecule has 1 fully saturated rings. The molecule has 10 heteroatoms. The highest BCUT2D eigenvalue weighted by Gasteiger charge is 2.19. The van der Waals surface area contributed by atoms with Crippen LogP contribution in [0.3, 0.4) is 0 Å². The molecule has 0 radical (unpaired) electrons. The molecule has 1 aliphatic heterocycles. The van der Waals surface area contributed by atoms with Crippen molar-refractivity contribution in [3.05, 3.63) is 41.4 Å². The lowest BCUT2D eigenvalue weighted by Gasteiger charge is -2.22. The van der Waals surface area contributed by atoms with E-state index in [0.29, 0.717) is 23.3 Å². The van der Waals surface area contributed by atoms with Gasteiger partial charge in [0.05, 0.1) is 29.4 Å². The normalized spacial score (nSPS) is 14.8. The monoisotopic (exact) mass is 394 g/mol. The topological polar surface area (TPSA) is 97.9 Å². The number of rotatable bonds is 5. The van der Waals surface area contributed by atoms with Gasteiger partial charge in [-0.2, -0.15) is 0 Å². The fraction of sp³-hybridized carbons (Fsp3) is 0.375. The first-order valence-electron chi connectivity index (χ1n) is 8.18. The predicted molar refractivity (Wildman–Crippen MR) is 99.4 cm³/mol. The van der Waals surface area contributed by atoms with Gasteiger partial charge in [0.15, 0.2) is 5.69 Å². The molecule has 3 aromatic heterocycles. The van der Waals surface area contributed by atoms with E-state index >= 15 is 0 Å². The van der Waals surface area contributed by atoms with Crippen molar-refractivity contribution in [1.82, 2.24) is 30.6 Å². The number of aromatic nitrogens is 4. The zero-order valence-corrected chi connectivity index (χ0v) is 15.6. The maximum absolute atomic E-state index is 12.3. The SMILES string of the molecule is Cl.O=C(NCc1coc(-c2cccs2)n1)c1cn(C2CCNCC2)nn1. The summed E-state index contributed by atoms with van der Waals surface area (Å²) in [5, 5.41) is 16.2. The summed E-state index contributed by atoms with van der Waals surface area (Å²) in [5.41, 5.74) is 0.989. The van der Waals surface area contributed by atoms with Gasteiger partial charge in [0.25, 0.3) is 5.91 Å². The van der Waals surface area contributed by atoms with E-state index in [-0.39, 0.29) is 24.9 Å². The van der Waals surface area contributed by atoms with Crippen molar-refractivity contribution in [2.75, 3.05) is 13.1 Å². The van der Waals surface area contributed by atoms with Crippen LogP contribution in [-0.4, -0.2) is 39.0 Å². The van der Waals surface area contributed by atoms with E-state index in [2.05, 4.69) is 25.9 Å². The molecule has 0 spiro atoms. The lowest BCUT2D eigenvalue weighted by Crippen LogP contribution is -2.29.